The number of amides is 1. The maximum Gasteiger partial charge on any atom is 0.277 e. The van der Waals surface area contributed by atoms with Crippen molar-refractivity contribution in [1.29, 1.82) is 0 Å². The van der Waals surface area contributed by atoms with Gasteiger partial charge in [0.05, 0.1) is 37.8 Å². The Morgan fingerprint density at radius 1 is 0.975 bits per heavy atom. The van der Waals surface area contributed by atoms with Crippen molar-refractivity contribution < 1.29 is 14.3 Å². The molecule has 40 heavy (non-hydrogen) atoms. The molecule has 0 fully saturated rings. The zero-order valence-corrected chi connectivity index (χ0v) is 23.0. The Hall–Kier alpha value is -4.37. The van der Waals surface area contributed by atoms with Gasteiger partial charge in [-0.2, -0.15) is 0 Å². The predicted molar refractivity (Wildman–Crippen MR) is 153 cm³/mol. The Balaban J connectivity index is 1.76. The van der Waals surface area contributed by atoms with Gasteiger partial charge in [0.25, 0.3) is 5.91 Å². The number of unbranched alkanes of at least 4 members (excludes halogenated alkanes) is 1. The Morgan fingerprint density at radius 3 is 2.27 bits per heavy atom. The van der Waals surface area contributed by atoms with Gasteiger partial charge in [0, 0.05) is 32.1 Å². The SMILES string of the molecule is CCCCOc1c2n(c(Cn3ccnc3)cc1=O)N(C(c1ccccc1)c1ccccc1)CN(CCOC)C2=O. The fourth-order valence-corrected chi connectivity index (χ4v) is 5.08. The van der Waals surface area contributed by atoms with E-state index in [2.05, 4.69) is 41.2 Å². The first kappa shape index (κ1) is 27.2. The highest BCUT2D eigenvalue weighted by molar-refractivity contribution is 5.96. The molecular formula is C31H35N5O4. The normalized spacial score (nSPS) is 13.1. The molecule has 0 spiro atoms. The van der Waals surface area contributed by atoms with Gasteiger partial charge in [0.2, 0.25) is 5.43 Å². The molecule has 0 bridgehead atoms. The highest BCUT2D eigenvalue weighted by Crippen LogP contribution is 2.33. The average molecular weight is 542 g/mol. The van der Waals surface area contributed by atoms with Gasteiger partial charge in [-0.3, -0.25) is 14.6 Å². The summed E-state index contributed by atoms with van der Waals surface area (Å²) in [4.78, 5) is 33.6. The highest BCUT2D eigenvalue weighted by Gasteiger charge is 2.38. The van der Waals surface area contributed by atoms with Crippen molar-refractivity contribution in [3.63, 3.8) is 0 Å². The highest BCUT2D eigenvalue weighted by atomic mass is 16.5. The van der Waals surface area contributed by atoms with E-state index in [1.54, 1.807) is 30.6 Å². The van der Waals surface area contributed by atoms with Crippen LogP contribution in [-0.2, 0) is 11.3 Å². The van der Waals surface area contributed by atoms with E-state index in [1.165, 1.54) is 0 Å². The molecule has 0 saturated heterocycles. The van der Waals surface area contributed by atoms with Gasteiger partial charge in [0.15, 0.2) is 11.4 Å². The molecule has 3 heterocycles. The third-order valence-electron chi connectivity index (χ3n) is 7.02. The van der Waals surface area contributed by atoms with Gasteiger partial charge in [-0.1, -0.05) is 74.0 Å². The van der Waals surface area contributed by atoms with E-state index in [-0.39, 0.29) is 35.5 Å². The summed E-state index contributed by atoms with van der Waals surface area (Å²) >= 11 is 0. The minimum atomic E-state index is -0.310. The third-order valence-corrected chi connectivity index (χ3v) is 7.02. The molecule has 4 aromatic rings. The summed E-state index contributed by atoms with van der Waals surface area (Å²) in [6.45, 7) is 3.80. The number of nitrogens with zero attached hydrogens (tertiary/aromatic N) is 5. The number of pyridine rings is 1. The van der Waals surface area contributed by atoms with Crippen molar-refractivity contribution in [2.24, 2.45) is 0 Å². The number of ether oxygens (including phenoxy) is 2. The smallest absolute Gasteiger partial charge is 0.277 e. The van der Waals surface area contributed by atoms with E-state index in [0.717, 1.165) is 24.0 Å². The van der Waals surface area contributed by atoms with E-state index in [4.69, 9.17) is 9.47 Å². The molecular weight excluding hydrogens is 506 g/mol. The lowest BCUT2D eigenvalue weighted by atomic mass is 9.98. The van der Waals surface area contributed by atoms with Gasteiger partial charge in [-0.05, 0) is 17.5 Å². The van der Waals surface area contributed by atoms with E-state index in [0.29, 0.717) is 32.0 Å². The average Bonchev–Trinajstić information content (AvgIpc) is 3.49. The van der Waals surface area contributed by atoms with Gasteiger partial charge in [0.1, 0.15) is 6.67 Å². The lowest BCUT2D eigenvalue weighted by Gasteiger charge is -2.45. The predicted octanol–water partition coefficient (Wildman–Crippen LogP) is 4.06. The zero-order chi connectivity index (χ0) is 27.9. The van der Waals surface area contributed by atoms with Crippen LogP contribution in [0.1, 0.15) is 53.1 Å². The van der Waals surface area contributed by atoms with Crippen molar-refractivity contribution in [2.45, 2.75) is 32.4 Å². The molecule has 1 amide bonds. The molecule has 9 heteroatoms. The largest absolute Gasteiger partial charge is 0.487 e. The number of aromatic nitrogens is 3. The Bertz CT molecular complexity index is 1420. The summed E-state index contributed by atoms with van der Waals surface area (Å²) in [5.41, 5.74) is 2.70. The second-order valence-corrected chi connectivity index (χ2v) is 9.79. The molecule has 5 rings (SSSR count). The lowest BCUT2D eigenvalue weighted by molar-refractivity contribution is 0.0609. The molecule has 0 atom stereocenters. The summed E-state index contributed by atoms with van der Waals surface area (Å²) in [6.07, 6.45) is 6.93. The number of imidazole rings is 1. The molecule has 208 valence electrons. The minimum Gasteiger partial charge on any atom is -0.487 e. The van der Waals surface area contributed by atoms with Crippen LogP contribution in [0.15, 0.2) is 90.2 Å². The van der Waals surface area contributed by atoms with Crippen molar-refractivity contribution >= 4 is 5.91 Å². The molecule has 1 aliphatic rings. The van der Waals surface area contributed by atoms with Crippen LogP contribution in [0.5, 0.6) is 5.75 Å². The number of fused-ring (bicyclic) bond motifs is 1. The van der Waals surface area contributed by atoms with Crippen LogP contribution >= 0.6 is 0 Å². The molecule has 0 N–H and O–H groups in total. The van der Waals surface area contributed by atoms with E-state index >= 15 is 0 Å². The van der Waals surface area contributed by atoms with Gasteiger partial charge in [-0.15, -0.1) is 0 Å². The topological polar surface area (TPSA) is 81.8 Å². The Labute approximate surface area is 234 Å². The van der Waals surface area contributed by atoms with Crippen molar-refractivity contribution in [2.75, 3.05) is 38.5 Å². The molecule has 1 aliphatic heterocycles. The molecule has 2 aromatic heterocycles. The fraction of sp³-hybridized carbons (Fsp3) is 0.323. The first-order chi connectivity index (χ1) is 19.6. The van der Waals surface area contributed by atoms with Crippen molar-refractivity contribution in [1.82, 2.24) is 19.1 Å². The third kappa shape index (κ3) is 5.65. The fourth-order valence-electron chi connectivity index (χ4n) is 5.08. The van der Waals surface area contributed by atoms with Crippen molar-refractivity contribution in [3.05, 3.63) is 118 Å². The van der Waals surface area contributed by atoms with Crippen LogP contribution < -0.4 is 15.2 Å². The number of methoxy groups -OCH3 is 1. The maximum atomic E-state index is 14.1. The first-order valence-corrected chi connectivity index (χ1v) is 13.6. The molecule has 2 aromatic carbocycles. The summed E-state index contributed by atoms with van der Waals surface area (Å²) in [5.74, 6) is -0.177. The minimum absolute atomic E-state index is 0.0832. The van der Waals surface area contributed by atoms with Crippen LogP contribution in [0.2, 0.25) is 0 Å². The van der Waals surface area contributed by atoms with Crippen LogP contribution in [0.25, 0.3) is 0 Å². The Kier molecular flexibility index (Phi) is 8.61. The van der Waals surface area contributed by atoms with Gasteiger partial charge < -0.3 is 18.9 Å². The van der Waals surface area contributed by atoms with Crippen LogP contribution in [0.3, 0.4) is 0 Å². The van der Waals surface area contributed by atoms with Crippen LogP contribution in [0.4, 0.5) is 0 Å². The summed E-state index contributed by atoms with van der Waals surface area (Å²) in [7, 11) is 1.61. The van der Waals surface area contributed by atoms with E-state index < -0.39 is 0 Å². The number of carbonyl (C=O) groups excluding carboxylic acids is 1. The van der Waals surface area contributed by atoms with Crippen LogP contribution in [0, 0.1) is 0 Å². The number of benzene rings is 2. The molecule has 0 aliphatic carbocycles. The number of carbonyl (C=O) groups is 1. The quantitative estimate of drug-likeness (QED) is 0.252. The van der Waals surface area contributed by atoms with Crippen molar-refractivity contribution in [3.8, 4) is 5.75 Å². The number of rotatable bonds is 12. The Morgan fingerprint density at radius 2 is 1.68 bits per heavy atom. The molecule has 0 radical (unpaired) electrons. The number of hydrogen-bond acceptors (Lipinski definition) is 6. The number of hydrogen-bond donors (Lipinski definition) is 0. The molecule has 0 saturated carbocycles. The summed E-state index contributed by atoms with van der Waals surface area (Å²) in [6, 6.07) is 21.7. The lowest BCUT2D eigenvalue weighted by Crippen LogP contribution is -2.57. The maximum absolute atomic E-state index is 14.1. The zero-order valence-electron chi connectivity index (χ0n) is 23.0. The van der Waals surface area contributed by atoms with Gasteiger partial charge >= 0.3 is 0 Å². The first-order valence-electron chi connectivity index (χ1n) is 13.6. The summed E-state index contributed by atoms with van der Waals surface area (Å²) in [5, 5.41) is 2.15. The molecule has 0 unspecified atom stereocenters. The second-order valence-electron chi connectivity index (χ2n) is 9.79. The van der Waals surface area contributed by atoms with Crippen LogP contribution in [-0.4, -0.2) is 58.6 Å². The van der Waals surface area contributed by atoms with Gasteiger partial charge in [-0.25, -0.2) is 9.66 Å². The van der Waals surface area contributed by atoms with E-state index in [1.807, 2.05) is 51.8 Å². The summed E-state index contributed by atoms with van der Waals surface area (Å²) < 4.78 is 15.2. The standard InChI is InChI=1S/C31H35N5O4/c1-3-4-18-40-30-27(37)20-26(21-33-16-15-32-22-33)36-29(30)31(38)34(17-19-39-2)23-35(36)28(24-11-7-5-8-12-24)25-13-9-6-10-14-25/h5-16,20,22,28H,3-4,17-19,21,23H2,1-2H3. The van der Waals surface area contributed by atoms with E-state index in [9.17, 15) is 9.59 Å². The molecule has 9 nitrogen and oxygen atoms in total. The monoisotopic (exact) mass is 541 g/mol. The second kappa shape index (κ2) is 12.7.